The monoisotopic (exact) mass is 228 g/mol. The van der Waals surface area contributed by atoms with Crippen LogP contribution in [0.15, 0.2) is 66.7 Å². The fraction of sp³-hybridized carbons (Fsp3) is 0.250. The molecule has 0 amide bonds. The van der Waals surface area contributed by atoms with Gasteiger partial charge >= 0.3 is 0 Å². The van der Waals surface area contributed by atoms with E-state index in [1.807, 2.05) is 42.5 Å². The van der Waals surface area contributed by atoms with E-state index in [2.05, 4.69) is 24.3 Å². The molecule has 0 aromatic heterocycles. The van der Waals surface area contributed by atoms with Crippen molar-refractivity contribution in [1.29, 1.82) is 0 Å². The average molecular weight is 228 g/mol. The van der Waals surface area contributed by atoms with Crippen molar-refractivity contribution < 1.29 is 4.74 Å². The Kier molecular flexibility index (Phi) is 7.61. The molecule has 0 aliphatic carbocycles. The highest BCUT2D eigenvalue weighted by atomic mass is 16.5. The fourth-order valence-corrected chi connectivity index (χ4v) is 1.45. The predicted molar refractivity (Wildman–Crippen MR) is 73.1 cm³/mol. The highest BCUT2D eigenvalue weighted by Gasteiger charge is 1.89. The quantitative estimate of drug-likeness (QED) is 0.720. The van der Waals surface area contributed by atoms with Crippen LogP contribution in [0, 0.1) is 0 Å². The van der Waals surface area contributed by atoms with Crippen molar-refractivity contribution >= 4 is 0 Å². The molecule has 90 valence electrons. The van der Waals surface area contributed by atoms with Gasteiger partial charge in [-0.05, 0) is 18.4 Å². The van der Waals surface area contributed by atoms with Crippen LogP contribution in [0.1, 0.15) is 12.0 Å². The molecule has 1 heteroatoms. The molecule has 0 spiro atoms. The highest BCUT2D eigenvalue weighted by Crippen LogP contribution is 2.01. The summed E-state index contributed by atoms with van der Waals surface area (Å²) in [6, 6.07) is 22.5. The van der Waals surface area contributed by atoms with Crippen molar-refractivity contribution in [3.8, 4) is 0 Å². The van der Waals surface area contributed by atoms with Gasteiger partial charge in [0.25, 0.3) is 0 Å². The van der Waals surface area contributed by atoms with Crippen molar-refractivity contribution in [2.45, 2.75) is 12.8 Å². The van der Waals surface area contributed by atoms with E-state index in [1.54, 1.807) is 7.11 Å². The summed E-state index contributed by atoms with van der Waals surface area (Å²) in [5, 5.41) is 0. The second kappa shape index (κ2) is 9.61. The SMILES string of the molecule is COCCCc1ccccc1.c1ccccc1. The Hall–Kier alpha value is -1.60. The molecule has 0 aliphatic rings. The van der Waals surface area contributed by atoms with E-state index in [0.29, 0.717) is 0 Å². The van der Waals surface area contributed by atoms with Gasteiger partial charge in [-0.1, -0.05) is 66.7 Å². The summed E-state index contributed by atoms with van der Waals surface area (Å²) in [5.74, 6) is 0. The first-order chi connectivity index (χ1) is 8.43. The molecule has 2 rings (SSSR count). The molecule has 0 saturated heterocycles. The summed E-state index contributed by atoms with van der Waals surface area (Å²) in [7, 11) is 1.74. The van der Waals surface area contributed by atoms with Crippen molar-refractivity contribution in [1.82, 2.24) is 0 Å². The maximum atomic E-state index is 4.96. The minimum Gasteiger partial charge on any atom is -0.385 e. The summed E-state index contributed by atoms with van der Waals surface area (Å²) in [6.45, 7) is 0.856. The van der Waals surface area contributed by atoms with Gasteiger partial charge in [-0.25, -0.2) is 0 Å². The third-order valence-corrected chi connectivity index (χ3v) is 2.32. The lowest BCUT2D eigenvalue weighted by atomic mass is 10.1. The van der Waals surface area contributed by atoms with Crippen LogP contribution in [-0.4, -0.2) is 13.7 Å². The maximum absolute atomic E-state index is 4.96. The Balaban J connectivity index is 0.000000202. The van der Waals surface area contributed by atoms with Crippen LogP contribution in [-0.2, 0) is 11.2 Å². The molecular weight excluding hydrogens is 208 g/mol. The molecule has 0 unspecified atom stereocenters. The summed E-state index contributed by atoms with van der Waals surface area (Å²) >= 11 is 0. The zero-order chi connectivity index (χ0) is 12.2. The molecule has 0 aliphatic heterocycles. The number of methoxy groups -OCH3 is 1. The summed E-state index contributed by atoms with van der Waals surface area (Å²) in [5.41, 5.74) is 1.39. The Labute approximate surface area is 104 Å². The van der Waals surface area contributed by atoms with E-state index in [9.17, 15) is 0 Å². The molecule has 0 N–H and O–H groups in total. The van der Waals surface area contributed by atoms with Gasteiger partial charge in [0.05, 0.1) is 0 Å². The average Bonchev–Trinajstić information content (AvgIpc) is 2.43. The second-order valence-corrected chi connectivity index (χ2v) is 3.74. The largest absolute Gasteiger partial charge is 0.385 e. The Morgan fingerprint density at radius 2 is 1.24 bits per heavy atom. The number of ether oxygens (including phenoxy) is 1. The predicted octanol–water partition coefficient (Wildman–Crippen LogP) is 3.95. The van der Waals surface area contributed by atoms with E-state index in [1.165, 1.54) is 5.56 Å². The number of aryl methyl sites for hydroxylation is 1. The third-order valence-electron chi connectivity index (χ3n) is 2.32. The minimum atomic E-state index is 0.856. The van der Waals surface area contributed by atoms with E-state index in [0.717, 1.165) is 19.4 Å². The van der Waals surface area contributed by atoms with Crippen molar-refractivity contribution in [2.24, 2.45) is 0 Å². The van der Waals surface area contributed by atoms with Crippen LogP contribution < -0.4 is 0 Å². The molecule has 2 aromatic carbocycles. The van der Waals surface area contributed by atoms with Crippen LogP contribution in [0.3, 0.4) is 0 Å². The Morgan fingerprint density at radius 3 is 1.71 bits per heavy atom. The van der Waals surface area contributed by atoms with Gasteiger partial charge in [0.15, 0.2) is 0 Å². The van der Waals surface area contributed by atoms with Crippen LogP contribution in [0.2, 0.25) is 0 Å². The zero-order valence-electron chi connectivity index (χ0n) is 10.4. The molecule has 0 bridgehead atoms. The van der Waals surface area contributed by atoms with Gasteiger partial charge in [-0.3, -0.25) is 0 Å². The highest BCUT2D eigenvalue weighted by molar-refractivity contribution is 5.14. The maximum Gasteiger partial charge on any atom is 0.0465 e. The molecule has 0 atom stereocenters. The van der Waals surface area contributed by atoms with E-state index in [4.69, 9.17) is 4.74 Å². The smallest absolute Gasteiger partial charge is 0.0465 e. The van der Waals surface area contributed by atoms with Gasteiger partial charge in [-0.15, -0.1) is 0 Å². The first-order valence-electron chi connectivity index (χ1n) is 5.96. The molecule has 0 radical (unpaired) electrons. The molecule has 0 fully saturated rings. The lowest BCUT2D eigenvalue weighted by Crippen LogP contribution is -1.91. The standard InChI is InChI=1S/C10H14O.C6H6/c1-11-9-5-8-10-6-3-2-4-7-10;1-2-4-6-5-3-1/h2-4,6-7H,5,8-9H2,1H3;1-6H. The summed E-state index contributed by atoms with van der Waals surface area (Å²) in [4.78, 5) is 0. The molecular formula is C16H20O. The molecule has 2 aromatic rings. The first kappa shape index (κ1) is 13.5. The van der Waals surface area contributed by atoms with Gasteiger partial charge in [0, 0.05) is 13.7 Å². The first-order valence-corrected chi connectivity index (χ1v) is 5.96. The van der Waals surface area contributed by atoms with Crippen LogP contribution in [0.25, 0.3) is 0 Å². The van der Waals surface area contributed by atoms with E-state index >= 15 is 0 Å². The Bertz CT molecular complexity index is 329. The van der Waals surface area contributed by atoms with Gasteiger partial charge in [0.2, 0.25) is 0 Å². The number of hydrogen-bond donors (Lipinski definition) is 0. The summed E-state index contributed by atoms with van der Waals surface area (Å²) in [6.07, 6.45) is 2.23. The second-order valence-electron chi connectivity index (χ2n) is 3.74. The van der Waals surface area contributed by atoms with Crippen LogP contribution >= 0.6 is 0 Å². The van der Waals surface area contributed by atoms with E-state index < -0.39 is 0 Å². The van der Waals surface area contributed by atoms with Crippen molar-refractivity contribution in [3.63, 3.8) is 0 Å². The lowest BCUT2D eigenvalue weighted by Gasteiger charge is -1.98. The minimum absolute atomic E-state index is 0.856. The molecule has 0 saturated carbocycles. The van der Waals surface area contributed by atoms with E-state index in [-0.39, 0.29) is 0 Å². The van der Waals surface area contributed by atoms with Crippen molar-refractivity contribution in [3.05, 3.63) is 72.3 Å². The van der Waals surface area contributed by atoms with Crippen LogP contribution in [0.5, 0.6) is 0 Å². The number of rotatable bonds is 4. The molecule has 0 heterocycles. The number of hydrogen-bond acceptors (Lipinski definition) is 1. The molecule has 1 nitrogen and oxygen atoms in total. The van der Waals surface area contributed by atoms with Gasteiger partial charge in [-0.2, -0.15) is 0 Å². The fourth-order valence-electron chi connectivity index (χ4n) is 1.45. The van der Waals surface area contributed by atoms with Crippen molar-refractivity contribution in [2.75, 3.05) is 13.7 Å². The lowest BCUT2D eigenvalue weighted by molar-refractivity contribution is 0.195. The zero-order valence-corrected chi connectivity index (χ0v) is 10.4. The van der Waals surface area contributed by atoms with Gasteiger partial charge < -0.3 is 4.74 Å². The molecule has 17 heavy (non-hydrogen) atoms. The Morgan fingerprint density at radius 1 is 0.765 bits per heavy atom. The van der Waals surface area contributed by atoms with Gasteiger partial charge in [0.1, 0.15) is 0 Å². The third kappa shape index (κ3) is 7.31. The topological polar surface area (TPSA) is 9.23 Å². The normalized spacial score (nSPS) is 9.24. The van der Waals surface area contributed by atoms with Crippen LogP contribution in [0.4, 0.5) is 0 Å². The summed E-state index contributed by atoms with van der Waals surface area (Å²) < 4.78 is 4.96. The number of benzene rings is 2.